The average molecular weight is 284 g/mol. The number of nitrogens with zero attached hydrogens (tertiary/aromatic N) is 2. The van der Waals surface area contributed by atoms with Crippen molar-refractivity contribution in [2.24, 2.45) is 0 Å². The number of aromatic nitrogens is 2. The molecule has 8 nitrogen and oxygen atoms in total. The van der Waals surface area contributed by atoms with Crippen LogP contribution in [0.3, 0.4) is 0 Å². The first-order valence-corrected chi connectivity index (χ1v) is 6.33. The van der Waals surface area contributed by atoms with Crippen molar-refractivity contribution in [1.82, 2.24) is 20.4 Å². The van der Waals surface area contributed by atoms with E-state index < -0.39 is 24.6 Å². The van der Waals surface area contributed by atoms with Crippen LogP contribution in [0.15, 0.2) is 6.07 Å². The molecule has 0 aromatic carbocycles. The largest absolute Gasteiger partial charge is 0.480 e. The molecule has 0 aliphatic rings. The summed E-state index contributed by atoms with van der Waals surface area (Å²) in [5, 5.41) is 26.4. The minimum atomic E-state index is -1.29. The van der Waals surface area contributed by atoms with E-state index in [9.17, 15) is 9.59 Å². The summed E-state index contributed by atoms with van der Waals surface area (Å²) in [5.74, 6) is -1.27. The molecule has 0 aliphatic carbocycles. The maximum atomic E-state index is 11.4. The van der Waals surface area contributed by atoms with Crippen LogP contribution in [0.1, 0.15) is 17.8 Å². The van der Waals surface area contributed by atoms with Crippen LogP contribution in [-0.4, -0.2) is 51.2 Å². The Morgan fingerprint density at radius 3 is 2.65 bits per heavy atom. The number of aliphatic hydroxyl groups is 1. The van der Waals surface area contributed by atoms with Crippen LogP contribution in [0.25, 0.3) is 0 Å². The Balaban J connectivity index is 2.25. The average Bonchev–Trinajstić information content (AvgIpc) is 2.70. The molecule has 1 aromatic rings. The van der Waals surface area contributed by atoms with Crippen molar-refractivity contribution in [2.45, 2.75) is 32.9 Å². The molecule has 1 heterocycles. The molecule has 1 atom stereocenters. The third-order valence-corrected chi connectivity index (χ3v) is 2.72. The summed E-state index contributed by atoms with van der Waals surface area (Å²) < 4.78 is 1.85. The maximum Gasteiger partial charge on any atom is 0.328 e. The number of hydrogen-bond acceptors (Lipinski definition) is 4. The van der Waals surface area contributed by atoms with Crippen LogP contribution < -0.4 is 10.6 Å². The summed E-state index contributed by atoms with van der Waals surface area (Å²) in [4.78, 5) is 22.0. The molecule has 0 spiro atoms. The number of aliphatic carboxylic acids is 1. The molecular weight excluding hydrogens is 264 g/mol. The number of carboxylic acids is 1. The lowest BCUT2D eigenvalue weighted by atomic mass is 10.3. The van der Waals surface area contributed by atoms with Crippen molar-refractivity contribution in [3.05, 3.63) is 17.5 Å². The molecule has 0 fully saturated rings. The summed E-state index contributed by atoms with van der Waals surface area (Å²) in [6.45, 7) is 4.29. The molecule has 1 aromatic heterocycles. The predicted molar refractivity (Wildman–Crippen MR) is 71.4 cm³/mol. The van der Waals surface area contributed by atoms with Gasteiger partial charge in [0.05, 0.1) is 12.3 Å². The Morgan fingerprint density at radius 2 is 2.15 bits per heavy atom. The Hall–Kier alpha value is -2.09. The second-order valence-corrected chi connectivity index (χ2v) is 4.48. The first-order valence-electron chi connectivity index (χ1n) is 6.33. The Kier molecular flexibility index (Phi) is 5.98. The molecule has 0 aliphatic heterocycles. The van der Waals surface area contributed by atoms with E-state index in [2.05, 4.69) is 15.7 Å². The highest BCUT2D eigenvalue weighted by molar-refractivity contribution is 5.82. The van der Waals surface area contributed by atoms with Gasteiger partial charge in [-0.3, -0.25) is 4.68 Å². The third-order valence-electron chi connectivity index (χ3n) is 2.72. The monoisotopic (exact) mass is 284 g/mol. The van der Waals surface area contributed by atoms with Gasteiger partial charge in [0.15, 0.2) is 6.04 Å². The number of aryl methyl sites for hydroxylation is 3. The van der Waals surface area contributed by atoms with Crippen molar-refractivity contribution in [3.63, 3.8) is 0 Å². The maximum absolute atomic E-state index is 11.4. The van der Waals surface area contributed by atoms with Crippen molar-refractivity contribution in [2.75, 3.05) is 13.2 Å². The lowest BCUT2D eigenvalue weighted by Crippen LogP contribution is -2.48. The van der Waals surface area contributed by atoms with E-state index in [0.717, 1.165) is 11.4 Å². The van der Waals surface area contributed by atoms with Gasteiger partial charge < -0.3 is 20.8 Å². The molecule has 112 valence electrons. The molecule has 1 rings (SSSR count). The summed E-state index contributed by atoms with van der Waals surface area (Å²) >= 11 is 0. The van der Waals surface area contributed by atoms with E-state index in [1.165, 1.54) is 0 Å². The molecule has 0 radical (unpaired) electrons. The lowest BCUT2D eigenvalue weighted by molar-refractivity contribution is -0.140. The lowest BCUT2D eigenvalue weighted by Gasteiger charge is -2.12. The van der Waals surface area contributed by atoms with Crippen LogP contribution in [0.5, 0.6) is 0 Å². The van der Waals surface area contributed by atoms with Crippen LogP contribution in [0, 0.1) is 13.8 Å². The highest BCUT2D eigenvalue weighted by Crippen LogP contribution is 2.02. The van der Waals surface area contributed by atoms with Gasteiger partial charge in [-0.05, 0) is 26.3 Å². The van der Waals surface area contributed by atoms with Gasteiger partial charge in [-0.15, -0.1) is 0 Å². The van der Waals surface area contributed by atoms with Gasteiger partial charge in [0, 0.05) is 18.8 Å². The second kappa shape index (κ2) is 7.49. The molecular formula is C12H20N4O4. The van der Waals surface area contributed by atoms with Gasteiger partial charge in [0.2, 0.25) is 0 Å². The topological polar surface area (TPSA) is 116 Å². The fraction of sp³-hybridized carbons (Fsp3) is 0.583. The number of aliphatic hydroxyl groups excluding tert-OH is 1. The Bertz CT molecular complexity index is 472. The van der Waals surface area contributed by atoms with Crippen molar-refractivity contribution in [3.8, 4) is 0 Å². The van der Waals surface area contributed by atoms with E-state index >= 15 is 0 Å². The van der Waals surface area contributed by atoms with Gasteiger partial charge in [-0.2, -0.15) is 5.10 Å². The number of carbonyl (C=O) groups excluding carboxylic acids is 1. The molecule has 1 unspecified atom stereocenters. The summed E-state index contributed by atoms with van der Waals surface area (Å²) in [5.41, 5.74) is 2.00. The Morgan fingerprint density at radius 1 is 1.45 bits per heavy atom. The van der Waals surface area contributed by atoms with Gasteiger partial charge in [-0.1, -0.05) is 0 Å². The fourth-order valence-corrected chi connectivity index (χ4v) is 1.73. The minimum absolute atomic E-state index is 0.391. The standard InChI is InChI=1S/C12H20N4O4/c1-8-6-9(2)16(15-8)5-3-4-13-12(20)14-10(7-17)11(18)19/h6,10,17H,3-5,7H2,1-2H3,(H,18,19)(H2,13,14,20). The fourth-order valence-electron chi connectivity index (χ4n) is 1.73. The van der Waals surface area contributed by atoms with Crippen LogP contribution >= 0.6 is 0 Å². The minimum Gasteiger partial charge on any atom is -0.480 e. The van der Waals surface area contributed by atoms with E-state index in [1.54, 1.807) is 0 Å². The molecule has 4 N–H and O–H groups in total. The zero-order valence-electron chi connectivity index (χ0n) is 11.6. The number of amides is 2. The van der Waals surface area contributed by atoms with Crippen LogP contribution in [0.4, 0.5) is 4.79 Å². The number of carbonyl (C=O) groups is 2. The van der Waals surface area contributed by atoms with Gasteiger partial charge in [-0.25, -0.2) is 9.59 Å². The van der Waals surface area contributed by atoms with Crippen LogP contribution in [-0.2, 0) is 11.3 Å². The number of urea groups is 1. The molecule has 20 heavy (non-hydrogen) atoms. The van der Waals surface area contributed by atoms with Gasteiger partial charge >= 0.3 is 12.0 Å². The predicted octanol–water partition coefficient (Wildman–Crippen LogP) is -0.365. The highest BCUT2D eigenvalue weighted by atomic mass is 16.4. The SMILES string of the molecule is Cc1cc(C)n(CCCNC(=O)NC(CO)C(=O)O)n1. The first-order chi connectivity index (χ1) is 9.43. The van der Waals surface area contributed by atoms with Gasteiger partial charge in [0.25, 0.3) is 0 Å². The molecule has 8 heteroatoms. The van der Waals surface area contributed by atoms with Crippen LogP contribution in [0.2, 0.25) is 0 Å². The smallest absolute Gasteiger partial charge is 0.328 e. The number of rotatable bonds is 7. The molecule has 0 saturated heterocycles. The summed E-state index contributed by atoms with van der Waals surface area (Å²) in [6.07, 6.45) is 0.673. The third kappa shape index (κ3) is 4.88. The normalized spacial score (nSPS) is 11.9. The highest BCUT2D eigenvalue weighted by Gasteiger charge is 2.17. The van der Waals surface area contributed by atoms with E-state index in [-0.39, 0.29) is 0 Å². The van der Waals surface area contributed by atoms with E-state index in [1.807, 2.05) is 24.6 Å². The summed E-state index contributed by atoms with van der Waals surface area (Å²) in [6, 6.07) is 0.0737. The van der Waals surface area contributed by atoms with Crippen molar-refractivity contribution >= 4 is 12.0 Å². The van der Waals surface area contributed by atoms with E-state index in [0.29, 0.717) is 19.5 Å². The van der Waals surface area contributed by atoms with Crippen molar-refractivity contribution < 1.29 is 19.8 Å². The molecule has 0 bridgehead atoms. The first kappa shape index (κ1) is 16.0. The number of hydrogen-bond donors (Lipinski definition) is 4. The summed E-state index contributed by atoms with van der Waals surface area (Å²) in [7, 11) is 0. The zero-order chi connectivity index (χ0) is 15.1. The number of nitrogens with one attached hydrogen (secondary N) is 2. The van der Waals surface area contributed by atoms with Crippen molar-refractivity contribution in [1.29, 1.82) is 0 Å². The van der Waals surface area contributed by atoms with E-state index in [4.69, 9.17) is 10.2 Å². The molecule has 0 saturated carbocycles. The zero-order valence-corrected chi connectivity index (χ0v) is 11.6. The second-order valence-electron chi connectivity index (χ2n) is 4.48. The van der Waals surface area contributed by atoms with Gasteiger partial charge in [0.1, 0.15) is 0 Å². The number of carboxylic acid groups (broad SMARTS) is 1. The quantitative estimate of drug-likeness (QED) is 0.510. The molecule has 2 amide bonds. The Labute approximate surface area is 116 Å².